The molecule has 0 aromatic heterocycles. The number of nitro groups is 1. The summed E-state index contributed by atoms with van der Waals surface area (Å²) in [5.41, 5.74) is 0.113. The molecule has 0 saturated carbocycles. The molecule has 17 heavy (non-hydrogen) atoms. The van der Waals surface area contributed by atoms with E-state index in [1.54, 1.807) is 11.9 Å². The molecule has 0 aliphatic heterocycles. The highest BCUT2D eigenvalue weighted by atomic mass is 19.1. The van der Waals surface area contributed by atoms with Crippen LogP contribution in [0.25, 0.3) is 0 Å². The maximum Gasteiger partial charge on any atom is 0.272 e. The van der Waals surface area contributed by atoms with Crippen LogP contribution in [0.4, 0.5) is 10.1 Å². The van der Waals surface area contributed by atoms with Crippen LogP contribution in [0.5, 0.6) is 0 Å². The summed E-state index contributed by atoms with van der Waals surface area (Å²) in [4.78, 5) is 11.6. The highest BCUT2D eigenvalue weighted by Gasteiger charge is 2.14. The molecule has 1 aromatic rings. The topological polar surface area (TPSA) is 66.6 Å². The van der Waals surface area contributed by atoms with Crippen LogP contribution in [0.1, 0.15) is 12.5 Å². The maximum atomic E-state index is 13.5. The van der Waals surface area contributed by atoms with E-state index < -0.39 is 10.7 Å². The summed E-state index contributed by atoms with van der Waals surface area (Å²) in [6.45, 7) is 2.08. The Morgan fingerprint density at radius 3 is 2.71 bits per heavy atom. The maximum absolute atomic E-state index is 13.5. The molecule has 0 fully saturated rings. The summed E-state index contributed by atoms with van der Waals surface area (Å²) in [6.07, 6.45) is 0. The first kappa shape index (κ1) is 13.5. The predicted molar refractivity (Wildman–Crippen MR) is 61.1 cm³/mol. The number of aliphatic hydroxyl groups is 1. The molecule has 0 spiro atoms. The fraction of sp³-hybridized carbons (Fsp3) is 0.455. The van der Waals surface area contributed by atoms with E-state index in [2.05, 4.69) is 0 Å². The SMILES string of the molecule is CC(CO)N(C)Cc1ccc([N+](=O)[O-])cc1F. The van der Waals surface area contributed by atoms with Crippen molar-refractivity contribution in [2.45, 2.75) is 19.5 Å². The molecule has 1 rings (SSSR count). The van der Waals surface area contributed by atoms with Crippen LogP contribution < -0.4 is 0 Å². The Balaban J connectivity index is 2.82. The van der Waals surface area contributed by atoms with E-state index in [0.29, 0.717) is 12.1 Å². The number of nitrogens with zero attached hydrogens (tertiary/aromatic N) is 2. The van der Waals surface area contributed by atoms with Crippen LogP contribution in [-0.4, -0.2) is 34.6 Å². The third-order valence-electron chi connectivity index (χ3n) is 2.68. The van der Waals surface area contributed by atoms with E-state index in [1.807, 2.05) is 6.92 Å². The van der Waals surface area contributed by atoms with Crippen molar-refractivity contribution in [3.63, 3.8) is 0 Å². The molecule has 1 atom stereocenters. The molecular formula is C11H15FN2O3. The number of hydrogen-bond donors (Lipinski definition) is 1. The number of benzene rings is 1. The fourth-order valence-electron chi connectivity index (χ4n) is 1.34. The second-order valence-electron chi connectivity index (χ2n) is 3.98. The van der Waals surface area contributed by atoms with Crippen LogP contribution in [-0.2, 0) is 6.54 Å². The molecule has 94 valence electrons. The average molecular weight is 242 g/mol. The highest BCUT2D eigenvalue weighted by Crippen LogP contribution is 2.18. The number of nitro benzene ring substituents is 1. The summed E-state index contributed by atoms with van der Waals surface area (Å²) in [6, 6.07) is 3.49. The molecule has 6 heteroatoms. The summed E-state index contributed by atoms with van der Waals surface area (Å²) >= 11 is 0. The van der Waals surface area contributed by atoms with Gasteiger partial charge in [0.1, 0.15) is 5.82 Å². The molecule has 0 amide bonds. The number of rotatable bonds is 5. The van der Waals surface area contributed by atoms with Gasteiger partial charge >= 0.3 is 0 Å². The molecule has 1 aromatic carbocycles. The van der Waals surface area contributed by atoms with E-state index in [9.17, 15) is 14.5 Å². The van der Waals surface area contributed by atoms with E-state index in [4.69, 9.17) is 5.11 Å². The lowest BCUT2D eigenvalue weighted by Crippen LogP contribution is -2.31. The molecular weight excluding hydrogens is 227 g/mol. The van der Waals surface area contributed by atoms with Crippen LogP contribution in [0.3, 0.4) is 0 Å². The van der Waals surface area contributed by atoms with Gasteiger partial charge < -0.3 is 5.11 Å². The second-order valence-corrected chi connectivity index (χ2v) is 3.98. The Morgan fingerprint density at radius 2 is 2.24 bits per heavy atom. The lowest BCUT2D eigenvalue weighted by molar-refractivity contribution is -0.385. The Hall–Kier alpha value is -1.53. The summed E-state index contributed by atoms with van der Waals surface area (Å²) in [7, 11) is 1.75. The van der Waals surface area contributed by atoms with Crippen molar-refractivity contribution >= 4 is 5.69 Å². The molecule has 1 N–H and O–H groups in total. The minimum absolute atomic E-state index is 0.0227. The molecule has 0 saturated heterocycles. The summed E-state index contributed by atoms with van der Waals surface area (Å²) in [5, 5.41) is 19.4. The number of aliphatic hydroxyl groups excluding tert-OH is 1. The molecule has 0 aliphatic carbocycles. The Kier molecular flexibility index (Phi) is 4.53. The smallest absolute Gasteiger partial charge is 0.272 e. The van der Waals surface area contributed by atoms with Gasteiger partial charge in [0.05, 0.1) is 17.6 Å². The summed E-state index contributed by atoms with van der Waals surface area (Å²) < 4.78 is 13.5. The third kappa shape index (κ3) is 3.47. The third-order valence-corrected chi connectivity index (χ3v) is 2.68. The normalized spacial score (nSPS) is 12.8. The summed E-state index contributed by atoms with van der Waals surface area (Å²) in [5.74, 6) is -0.601. The number of non-ortho nitro benzene ring substituents is 1. The number of hydrogen-bond acceptors (Lipinski definition) is 4. The largest absolute Gasteiger partial charge is 0.395 e. The molecule has 0 heterocycles. The van der Waals surface area contributed by atoms with Gasteiger partial charge in [-0.05, 0) is 20.0 Å². The Morgan fingerprint density at radius 1 is 1.59 bits per heavy atom. The molecule has 5 nitrogen and oxygen atoms in total. The monoisotopic (exact) mass is 242 g/mol. The van der Waals surface area contributed by atoms with Gasteiger partial charge in [-0.2, -0.15) is 0 Å². The van der Waals surface area contributed by atoms with E-state index in [0.717, 1.165) is 6.07 Å². The Labute approximate surface area is 98.6 Å². The highest BCUT2D eigenvalue weighted by molar-refractivity contribution is 5.34. The van der Waals surface area contributed by atoms with Crippen LogP contribution in [0.15, 0.2) is 18.2 Å². The zero-order valence-corrected chi connectivity index (χ0v) is 9.76. The lowest BCUT2D eigenvalue weighted by Gasteiger charge is -2.22. The number of likely N-dealkylation sites (N-methyl/N-ethyl adjacent to an activating group) is 1. The first-order valence-corrected chi connectivity index (χ1v) is 5.19. The van der Waals surface area contributed by atoms with Crippen LogP contribution >= 0.6 is 0 Å². The van der Waals surface area contributed by atoms with Crippen LogP contribution in [0.2, 0.25) is 0 Å². The minimum Gasteiger partial charge on any atom is -0.395 e. The predicted octanol–water partition coefficient (Wildman–Crippen LogP) is 1.55. The van der Waals surface area contributed by atoms with Gasteiger partial charge in [0.15, 0.2) is 0 Å². The van der Waals surface area contributed by atoms with Crippen molar-refractivity contribution in [1.29, 1.82) is 0 Å². The van der Waals surface area contributed by atoms with Gasteiger partial charge in [0.25, 0.3) is 5.69 Å². The van der Waals surface area contributed by atoms with Crippen molar-refractivity contribution < 1.29 is 14.4 Å². The molecule has 0 aliphatic rings. The van der Waals surface area contributed by atoms with Crippen LogP contribution in [0, 0.1) is 15.9 Å². The second kappa shape index (κ2) is 5.70. The van der Waals surface area contributed by atoms with E-state index in [-0.39, 0.29) is 18.3 Å². The van der Waals surface area contributed by atoms with Crippen molar-refractivity contribution in [2.75, 3.05) is 13.7 Å². The zero-order valence-electron chi connectivity index (χ0n) is 9.76. The standard InChI is InChI=1S/C11H15FN2O3/c1-8(7-15)13(2)6-9-3-4-10(14(16)17)5-11(9)12/h3-5,8,15H,6-7H2,1-2H3. The van der Waals surface area contributed by atoms with E-state index >= 15 is 0 Å². The van der Waals surface area contributed by atoms with Gasteiger partial charge in [-0.3, -0.25) is 15.0 Å². The van der Waals surface area contributed by atoms with Crippen molar-refractivity contribution in [1.82, 2.24) is 4.90 Å². The first-order chi connectivity index (χ1) is 7.95. The van der Waals surface area contributed by atoms with Gasteiger partial charge in [-0.25, -0.2) is 4.39 Å². The van der Waals surface area contributed by atoms with Gasteiger partial charge in [0.2, 0.25) is 0 Å². The van der Waals surface area contributed by atoms with Crippen molar-refractivity contribution in [3.8, 4) is 0 Å². The quantitative estimate of drug-likeness (QED) is 0.628. The van der Waals surface area contributed by atoms with Gasteiger partial charge in [-0.15, -0.1) is 0 Å². The molecule has 1 unspecified atom stereocenters. The van der Waals surface area contributed by atoms with Crippen molar-refractivity contribution in [2.24, 2.45) is 0 Å². The van der Waals surface area contributed by atoms with Gasteiger partial charge in [0, 0.05) is 24.2 Å². The lowest BCUT2D eigenvalue weighted by atomic mass is 10.1. The van der Waals surface area contributed by atoms with Crippen molar-refractivity contribution in [3.05, 3.63) is 39.7 Å². The molecule has 0 radical (unpaired) electrons. The van der Waals surface area contributed by atoms with E-state index in [1.165, 1.54) is 12.1 Å². The van der Waals surface area contributed by atoms with Gasteiger partial charge in [-0.1, -0.05) is 0 Å². The average Bonchev–Trinajstić information content (AvgIpc) is 2.30. The first-order valence-electron chi connectivity index (χ1n) is 5.19. The number of halogens is 1. The Bertz CT molecular complexity index is 412. The minimum atomic E-state index is -0.632. The molecule has 0 bridgehead atoms. The zero-order chi connectivity index (χ0) is 13.0. The fourth-order valence-corrected chi connectivity index (χ4v) is 1.34.